The van der Waals surface area contributed by atoms with E-state index in [-0.39, 0.29) is 12.6 Å². The van der Waals surface area contributed by atoms with Gasteiger partial charge >= 0.3 is 0 Å². The zero-order valence-corrected chi connectivity index (χ0v) is 50.2. The summed E-state index contributed by atoms with van der Waals surface area (Å²) >= 11 is 0. The summed E-state index contributed by atoms with van der Waals surface area (Å²) in [5.41, 5.74) is 0. The van der Waals surface area contributed by atoms with Gasteiger partial charge in [0, 0.05) is 39.3 Å². The topological polar surface area (TPSA) is 64.6 Å². The molecule has 0 aromatic rings. The van der Waals surface area contributed by atoms with Gasteiger partial charge in [-0.15, -0.1) is 0 Å². The molecule has 0 saturated carbocycles. The van der Waals surface area contributed by atoms with Crippen LogP contribution in [0.2, 0.25) is 0 Å². The Morgan fingerprint density at radius 3 is 0.644 bits per heavy atom. The summed E-state index contributed by atoms with van der Waals surface area (Å²) in [5.74, 6) is 0. The lowest BCUT2D eigenvalue weighted by Gasteiger charge is -2.22. The molecule has 0 aromatic heterocycles. The second-order valence-electron chi connectivity index (χ2n) is 21.7. The van der Waals surface area contributed by atoms with Crippen molar-refractivity contribution in [1.82, 2.24) is 0 Å². The highest BCUT2D eigenvalue weighted by Gasteiger charge is 2.16. The fourth-order valence-electron chi connectivity index (χ4n) is 9.33. The Kier molecular flexibility index (Phi) is 63.0. The van der Waals surface area contributed by atoms with Gasteiger partial charge in [-0.1, -0.05) is 285 Å². The summed E-state index contributed by atoms with van der Waals surface area (Å²) in [6.07, 6.45) is 64.1. The highest BCUT2D eigenvalue weighted by molar-refractivity contribution is 4.90. The van der Waals surface area contributed by atoms with Gasteiger partial charge in [-0.2, -0.15) is 0 Å². The standard InChI is InChI=1S/C66H130O7/c1-7-13-19-25-31-37-47-57-67-63(68-58-48-38-32-26-20-14-8-2)53-43-45-55-65(71-61-51-41-35-29-23-17-11-5)73-66(72-62-52-42-36-30-24-18-12-6)56-46-44-54-64(69-59-49-39-33-27-21-15-9-3)70-60-50-40-34-28-22-16-10-4/h45-46,55-56,63-66H,7-44,47-54,57-62H2,1-6H3. The van der Waals surface area contributed by atoms with Crippen molar-refractivity contribution in [3.8, 4) is 0 Å². The molecule has 7 nitrogen and oxygen atoms in total. The van der Waals surface area contributed by atoms with Crippen molar-refractivity contribution in [3.63, 3.8) is 0 Å². The first kappa shape index (κ1) is 72.2. The van der Waals surface area contributed by atoms with E-state index in [1.54, 1.807) is 0 Å². The normalized spacial score (nSPS) is 13.0. The molecule has 0 aliphatic heterocycles. The number of ether oxygens (including phenoxy) is 7. The van der Waals surface area contributed by atoms with Crippen molar-refractivity contribution in [3.05, 3.63) is 24.3 Å². The van der Waals surface area contributed by atoms with Crippen LogP contribution in [0.4, 0.5) is 0 Å². The molecule has 7 heteroatoms. The maximum Gasteiger partial charge on any atom is 0.180 e. The van der Waals surface area contributed by atoms with Crippen LogP contribution in [0.5, 0.6) is 0 Å². The fraction of sp³-hybridized carbons (Fsp3) is 0.939. The Bertz CT molecular complexity index is 932. The molecule has 2 atom stereocenters. The molecular formula is C66H130O7. The second kappa shape index (κ2) is 63.7. The van der Waals surface area contributed by atoms with Gasteiger partial charge in [0.25, 0.3) is 0 Å². The highest BCUT2D eigenvalue weighted by Crippen LogP contribution is 2.18. The maximum atomic E-state index is 6.75. The Labute approximate surface area is 457 Å². The van der Waals surface area contributed by atoms with E-state index in [0.717, 1.165) is 90.6 Å². The smallest absolute Gasteiger partial charge is 0.180 e. The lowest BCUT2D eigenvalue weighted by Crippen LogP contribution is -2.25. The van der Waals surface area contributed by atoms with E-state index < -0.39 is 12.6 Å². The van der Waals surface area contributed by atoms with Crippen LogP contribution in [0.25, 0.3) is 0 Å². The first-order chi connectivity index (χ1) is 36.1. The second-order valence-corrected chi connectivity index (χ2v) is 21.7. The van der Waals surface area contributed by atoms with E-state index in [4.69, 9.17) is 33.2 Å². The van der Waals surface area contributed by atoms with Gasteiger partial charge in [-0.25, -0.2) is 0 Å². The van der Waals surface area contributed by atoms with E-state index in [1.165, 1.54) is 231 Å². The molecule has 0 rings (SSSR count). The molecule has 0 spiro atoms. The van der Waals surface area contributed by atoms with Gasteiger partial charge in [0.2, 0.25) is 0 Å². The van der Waals surface area contributed by atoms with Crippen molar-refractivity contribution in [2.24, 2.45) is 0 Å². The van der Waals surface area contributed by atoms with Crippen LogP contribution in [0.3, 0.4) is 0 Å². The molecule has 436 valence electrons. The third kappa shape index (κ3) is 57.2. The number of unbranched alkanes of at least 4 members (excludes halogenated alkanes) is 36. The quantitative estimate of drug-likeness (QED) is 0.0342. The fourth-order valence-corrected chi connectivity index (χ4v) is 9.33. The molecule has 0 aromatic carbocycles. The van der Waals surface area contributed by atoms with Crippen LogP contribution >= 0.6 is 0 Å². The lowest BCUT2D eigenvalue weighted by molar-refractivity contribution is -0.208. The minimum atomic E-state index is -0.493. The summed E-state index contributed by atoms with van der Waals surface area (Å²) in [7, 11) is 0. The highest BCUT2D eigenvalue weighted by atomic mass is 16.8. The van der Waals surface area contributed by atoms with Crippen LogP contribution < -0.4 is 0 Å². The predicted octanol–water partition coefficient (Wildman–Crippen LogP) is 21.6. The molecule has 0 bridgehead atoms. The molecule has 0 fully saturated rings. The minimum absolute atomic E-state index is 0.179. The number of rotatable bonds is 64. The van der Waals surface area contributed by atoms with E-state index in [9.17, 15) is 0 Å². The van der Waals surface area contributed by atoms with Crippen molar-refractivity contribution in [1.29, 1.82) is 0 Å². The van der Waals surface area contributed by atoms with Crippen LogP contribution in [0, 0.1) is 0 Å². The molecule has 0 amide bonds. The van der Waals surface area contributed by atoms with E-state index in [0.29, 0.717) is 13.2 Å². The Hall–Kier alpha value is -0.800. The van der Waals surface area contributed by atoms with Crippen LogP contribution in [0.1, 0.15) is 337 Å². The van der Waals surface area contributed by atoms with Gasteiger partial charge in [-0.05, 0) is 63.5 Å². The molecule has 2 unspecified atom stereocenters. The van der Waals surface area contributed by atoms with E-state index in [1.807, 2.05) is 0 Å². The van der Waals surface area contributed by atoms with Crippen molar-refractivity contribution < 1.29 is 33.2 Å². The largest absolute Gasteiger partial charge is 0.353 e. The summed E-state index contributed by atoms with van der Waals surface area (Å²) in [4.78, 5) is 0. The zero-order valence-electron chi connectivity index (χ0n) is 50.2. The average molecular weight is 1040 g/mol. The monoisotopic (exact) mass is 1030 g/mol. The molecular weight excluding hydrogens is 905 g/mol. The van der Waals surface area contributed by atoms with Gasteiger partial charge in [0.1, 0.15) is 0 Å². The number of hydrogen-bond acceptors (Lipinski definition) is 7. The Morgan fingerprint density at radius 2 is 0.425 bits per heavy atom. The SMILES string of the molecule is CCCCCCCCCOC(C=CCCC(OCCCCCCCCC)OCCCCCCCCC)OC(C=CCCC(OCCCCCCCCC)OCCCCCCCCC)OCCCCCCCCC. The van der Waals surface area contributed by atoms with Crippen molar-refractivity contribution >= 4 is 0 Å². The first-order valence-electron chi connectivity index (χ1n) is 32.8. The summed E-state index contributed by atoms with van der Waals surface area (Å²) < 4.78 is 45.5. The summed E-state index contributed by atoms with van der Waals surface area (Å²) in [6, 6.07) is 0. The van der Waals surface area contributed by atoms with Crippen molar-refractivity contribution in [2.75, 3.05) is 39.6 Å². The minimum Gasteiger partial charge on any atom is -0.353 e. The van der Waals surface area contributed by atoms with Gasteiger partial charge < -0.3 is 33.2 Å². The summed E-state index contributed by atoms with van der Waals surface area (Å²) in [6.45, 7) is 18.2. The molecule has 0 aliphatic rings. The predicted molar refractivity (Wildman–Crippen MR) is 317 cm³/mol. The van der Waals surface area contributed by atoms with E-state index in [2.05, 4.69) is 65.8 Å². The lowest BCUT2D eigenvalue weighted by atomic mass is 10.1. The third-order valence-corrected chi connectivity index (χ3v) is 14.3. The zero-order chi connectivity index (χ0) is 52.9. The average Bonchev–Trinajstić information content (AvgIpc) is 3.40. The molecule has 0 aliphatic carbocycles. The maximum absolute atomic E-state index is 6.75. The van der Waals surface area contributed by atoms with E-state index >= 15 is 0 Å². The number of allylic oxidation sites excluding steroid dienone is 2. The van der Waals surface area contributed by atoms with Gasteiger partial charge in [0.05, 0.1) is 13.2 Å². The van der Waals surface area contributed by atoms with Crippen LogP contribution in [-0.2, 0) is 33.2 Å². The van der Waals surface area contributed by atoms with Gasteiger partial charge in [-0.3, -0.25) is 0 Å². The number of hydrogen-bond donors (Lipinski definition) is 0. The molecule has 0 N–H and O–H groups in total. The molecule has 0 saturated heterocycles. The Balaban J connectivity index is 5.89. The third-order valence-electron chi connectivity index (χ3n) is 14.3. The molecule has 73 heavy (non-hydrogen) atoms. The summed E-state index contributed by atoms with van der Waals surface area (Å²) in [5, 5.41) is 0. The first-order valence-corrected chi connectivity index (χ1v) is 32.8. The molecule has 0 heterocycles. The van der Waals surface area contributed by atoms with Crippen LogP contribution in [0.15, 0.2) is 24.3 Å². The van der Waals surface area contributed by atoms with Crippen LogP contribution in [-0.4, -0.2) is 64.8 Å². The molecule has 0 radical (unpaired) electrons. The van der Waals surface area contributed by atoms with Gasteiger partial charge in [0.15, 0.2) is 25.2 Å². The van der Waals surface area contributed by atoms with Crippen molar-refractivity contribution in [2.45, 2.75) is 362 Å². The Morgan fingerprint density at radius 1 is 0.233 bits per heavy atom.